The molecule has 0 aliphatic carbocycles. The van der Waals surface area contributed by atoms with Crippen molar-refractivity contribution >= 4 is 16.9 Å². The van der Waals surface area contributed by atoms with Crippen molar-refractivity contribution in [1.82, 2.24) is 25.5 Å². The molecule has 4 aromatic rings. The van der Waals surface area contributed by atoms with E-state index in [0.29, 0.717) is 36.5 Å². The second-order valence-corrected chi connectivity index (χ2v) is 7.85. The van der Waals surface area contributed by atoms with E-state index in [1.165, 1.54) is 17.2 Å². The average molecular weight is 440 g/mol. The van der Waals surface area contributed by atoms with Crippen LogP contribution in [0.4, 0.5) is 19.0 Å². The molecular formula is C23H23F3N6. The Bertz CT molecular complexity index is 1270. The first-order chi connectivity index (χ1) is 15.4. The van der Waals surface area contributed by atoms with E-state index in [-0.39, 0.29) is 18.9 Å². The van der Waals surface area contributed by atoms with Crippen LogP contribution in [0, 0.1) is 6.92 Å². The van der Waals surface area contributed by atoms with Gasteiger partial charge in [0.1, 0.15) is 11.5 Å². The average Bonchev–Trinajstić information content (AvgIpc) is 3.23. The minimum atomic E-state index is -4.55. The van der Waals surface area contributed by atoms with E-state index in [2.05, 4.69) is 44.5 Å². The van der Waals surface area contributed by atoms with Gasteiger partial charge in [-0.25, -0.2) is 9.97 Å². The van der Waals surface area contributed by atoms with Gasteiger partial charge in [0.05, 0.1) is 17.3 Å². The van der Waals surface area contributed by atoms with Crippen LogP contribution in [0.3, 0.4) is 0 Å². The standard InChI is InChI=1S/C23H21F3N6.H2/c1-14-5-2-3-6-15(14)18-13-32(12-11-27-18)19-9-8-17(23(24,25)26)21(29-19)20-16-7-4-10-28-22(16)31-30-20;/h2-10,18,27H,11-13H2,1H3,(H,28,30,31);1H. The number of alkyl halides is 3. The number of aromatic nitrogens is 4. The minimum absolute atomic E-state index is 0. The van der Waals surface area contributed by atoms with E-state index < -0.39 is 11.7 Å². The maximum atomic E-state index is 13.8. The third kappa shape index (κ3) is 3.69. The summed E-state index contributed by atoms with van der Waals surface area (Å²) in [5, 5.41) is 10.8. The fraction of sp³-hybridized carbons (Fsp3) is 0.261. The molecule has 166 valence electrons. The number of halogens is 3. The Balaban J connectivity index is 0.00000259. The molecule has 3 aromatic heterocycles. The number of hydrogen-bond donors (Lipinski definition) is 2. The van der Waals surface area contributed by atoms with Gasteiger partial charge < -0.3 is 10.2 Å². The van der Waals surface area contributed by atoms with Gasteiger partial charge in [-0.1, -0.05) is 24.3 Å². The first-order valence-corrected chi connectivity index (χ1v) is 10.3. The van der Waals surface area contributed by atoms with Crippen LogP contribution in [-0.4, -0.2) is 39.8 Å². The summed E-state index contributed by atoms with van der Waals surface area (Å²) >= 11 is 0. The third-order valence-corrected chi connectivity index (χ3v) is 5.82. The number of anilines is 1. The molecule has 2 N–H and O–H groups in total. The number of fused-ring (bicyclic) bond motifs is 1. The predicted molar refractivity (Wildman–Crippen MR) is 118 cm³/mol. The molecule has 32 heavy (non-hydrogen) atoms. The number of aromatic amines is 1. The minimum Gasteiger partial charge on any atom is -0.353 e. The zero-order chi connectivity index (χ0) is 22.3. The van der Waals surface area contributed by atoms with Gasteiger partial charge in [0.25, 0.3) is 0 Å². The molecular weight excluding hydrogens is 417 g/mol. The molecule has 1 aliphatic heterocycles. The summed E-state index contributed by atoms with van der Waals surface area (Å²) in [5.41, 5.74) is 1.94. The number of hydrogen-bond acceptors (Lipinski definition) is 5. The van der Waals surface area contributed by atoms with Crippen molar-refractivity contribution in [3.05, 3.63) is 71.4 Å². The molecule has 1 fully saturated rings. The molecule has 5 rings (SSSR count). The van der Waals surface area contributed by atoms with Crippen LogP contribution >= 0.6 is 0 Å². The number of rotatable bonds is 3. The van der Waals surface area contributed by atoms with Crippen molar-refractivity contribution < 1.29 is 14.6 Å². The van der Waals surface area contributed by atoms with Crippen LogP contribution in [0.5, 0.6) is 0 Å². The van der Waals surface area contributed by atoms with Crippen molar-refractivity contribution in [1.29, 1.82) is 0 Å². The summed E-state index contributed by atoms with van der Waals surface area (Å²) in [6, 6.07) is 14.1. The highest BCUT2D eigenvalue weighted by Crippen LogP contribution is 2.38. The van der Waals surface area contributed by atoms with Gasteiger partial charge in [-0.3, -0.25) is 5.10 Å². The second kappa shape index (κ2) is 7.90. The first kappa shape index (κ1) is 20.4. The normalized spacial score (nSPS) is 17.1. The summed E-state index contributed by atoms with van der Waals surface area (Å²) in [4.78, 5) is 10.6. The smallest absolute Gasteiger partial charge is 0.353 e. The highest BCUT2D eigenvalue weighted by Gasteiger charge is 2.36. The summed E-state index contributed by atoms with van der Waals surface area (Å²) in [6.45, 7) is 4.01. The Hall–Kier alpha value is -3.46. The Kier molecular flexibility index (Phi) is 5.05. The maximum absolute atomic E-state index is 13.8. The summed E-state index contributed by atoms with van der Waals surface area (Å²) in [5.74, 6) is 0.500. The number of H-pyrrole nitrogens is 1. The molecule has 0 saturated carbocycles. The highest BCUT2D eigenvalue weighted by molar-refractivity contribution is 5.90. The molecule has 4 heterocycles. The van der Waals surface area contributed by atoms with E-state index in [9.17, 15) is 13.2 Å². The lowest BCUT2D eigenvalue weighted by Gasteiger charge is -2.35. The number of benzene rings is 1. The SMILES string of the molecule is Cc1ccccc1C1CN(c2ccc(C(F)(F)F)c(-c3[nH]nc4ncccc34)n2)CCN1.[HH]. The number of pyridine rings is 2. The number of piperazine rings is 1. The highest BCUT2D eigenvalue weighted by atomic mass is 19.4. The van der Waals surface area contributed by atoms with E-state index in [1.54, 1.807) is 18.3 Å². The van der Waals surface area contributed by atoms with Gasteiger partial charge in [0.2, 0.25) is 0 Å². The number of nitrogens with zero attached hydrogens (tertiary/aromatic N) is 4. The Morgan fingerprint density at radius 3 is 2.75 bits per heavy atom. The lowest BCUT2D eigenvalue weighted by atomic mass is 9.99. The monoisotopic (exact) mass is 440 g/mol. The molecule has 1 aliphatic rings. The molecule has 1 aromatic carbocycles. The molecule has 0 radical (unpaired) electrons. The zero-order valence-electron chi connectivity index (χ0n) is 17.3. The van der Waals surface area contributed by atoms with E-state index in [1.807, 2.05) is 17.0 Å². The molecule has 0 bridgehead atoms. The number of nitrogens with one attached hydrogen (secondary N) is 2. The Labute approximate surface area is 184 Å². The van der Waals surface area contributed by atoms with Crippen molar-refractivity contribution in [2.75, 3.05) is 24.5 Å². The second-order valence-electron chi connectivity index (χ2n) is 7.85. The van der Waals surface area contributed by atoms with Gasteiger partial charge in [-0.15, -0.1) is 0 Å². The fourth-order valence-electron chi connectivity index (χ4n) is 4.22. The Morgan fingerprint density at radius 1 is 1.09 bits per heavy atom. The van der Waals surface area contributed by atoms with Crippen LogP contribution < -0.4 is 10.2 Å². The van der Waals surface area contributed by atoms with Gasteiger partial charge in [-0.05, 0) is 42.3 Å². The van der Waals surface area contributed by atoms with Crippen LogP contribution in [-0.2, 0) is 6.18 Å². The predicted octanol–water partition coefficient (Wildman–Crippen LogP) is 4.74. The maximum Gasteiger partial charge on any atom is 0.418 e. The summed E-state index contributed by atoms with van der Waals surface area (Å²) in [6.07, 6.45) is -3.00. The van der Waals surface area contributed by atoms with E-state index in [4.69, 9.17) is 0 Å². The topological polar surface area (TPSA) is 69.7 Å². The molecule has 1 saturated heterocycles. The van der Waals surface area contributed by atoms with Crippen molar-refractivity contribution in [2.45, 2.75) is 19.1 Å². The van der Waals surface area contributed by atoms with Crippen LogP contribution in [0.15, 0.2) is 54.7 Å². The quantitative estimate of drug-likeness (QED) is 0.481. The van der Waals surface area contributed by atoms with Gasteiger partial charge >= 0.3 is 6.18 Å². The zero-order valence-corrected chi connectivity index (χ0v) is 17.3. The third-order valence-electron chi connectivity index (χ3n) is 5.82. The first-order valence-electron chi connectivity index (χ1n) is 10.3. The van der Waals surface area contributed by atoms with Crippen LogP contribution in [0.2, 0.25) is 0 Å². The summed E-state index contributed by atoms with van der Waals surface area (Å²) in [7, 11) is 0. The number of aryl methyl sites for hydroxylation is 1. The van der Waals surface area contributed by atoms with Crippen molar-refractivity contribution in [3.63, 3.8) is 0 Å². The molecule has 0 amide bonds. The van der Waals surface area contributed by atoms with E-state index >= 15 is 0 Å². The molecule has 1 atom stereocenters. The van der Waals surface area contributed by atoms with Crippen molar-refractivity contribution in [3.8, 4) is 11.4 Å². The lowest BCUT2D eigenvalue weighted by Crippen LogP contribution is -2.46. The fourth-order valence-corrected chi connectivity index (χ4v) is 4.22. The van der Waals surface area contributed by atoms with Crippen LogP contribution in [0.25, 0.3) is 22.4 Å². The molecule has 9 heteroatoms. The van der Waals surface area contributed by atoms with E-state index in [0.717, 1.165) is 6.07 Å². The largest absolute Gasteiger partial charge is 0.418 e. The van der Waals surface area contributed by atoms with Gasteiger partial charge in [0, 0.05) is 32.6 Å². The molecule has 6 nitrogen and oxygen atoms in total. The van der Waals surface area contributed by atoms with Crippen LogP contribution in [0.1, 0.15) is 24.2 Å². The van der Waals surface area contributed by atoms with Gasteiger partial charge in [0.15, 0.2) is 5.65 Å². The molecule has 0 spiro atoms. The Morgan fingerprint density at radius 2 is 1.94 bits per heavy atom. The van der Waals surface area contributed by atoms with Crippen molar-refractivity contribution in [2.24, 2.45) is 0 Å². The molecule has 1 unspecified atom stereocenters. The summed E-state index contributed by atoms with van der Waals surface area (Å²) < 4.78 is 41.5. The lowest BCUT2D eigenvalue weighted by molar-refractivity contribution is -0.137. The van der Waals surface area contributed by atoms with Gasteiger partial charge in [-0.2, -0.15) is 18.3 Å².